The molecule has 0 spiro atoms. The van der Waals surface area contributed by atoms with Gasteiger partial charge in [0.1, 0.15) is 11.6 Å². The number of halogens is 1. The van der Waals surface area contributed by atoms with Crippen molar-refractivity contribution in [2.45, 2.75) is 6.54 Å². The highest BCUT2D eigenvalue weighted by Gasteiger charge is 2.03. The van der Waals surface area contributed by atoms with Crippen LogP contribution in [-0.4, -0.2) is 25.4 Å². The van der Waals surface area contributed by atoms with E-state index in [1.807, 2.05) is 0 Å². The summed E-state index contributed by atoms with van der Waals surface area (Å²) in [6.45, 7) is 1.04. The summed E-state index contributed by atoms with van der Waals surface area (Å²) < 4.78 is 17.9. The van der Waals surface area contributed by atoms with Crippen LogP contribution in [0.15, 0.2) is 18.2 Å². The van der Waals surface area contributed by atoms with Crippen molar-refractivity contribution in [3.05, 3.63) is 29.6 Å². The van der Waals surface area contributed by atoms with Crippen LogP contribution in [0.3, 0.4) is 0 Å². The van der Waals surface area contributed by atoms with Gasteiger partial charge in [0.15, 0.2) is 0 Å². The first kappa shape index (κ1) is 10.9. The minimum atomic E-state index is -0.286. The molecule has 0 heterocycles. The zero-order chi connectivity index (χ0) is 10.4. The zero-order valence-corrected chi connectivity index (χ0v) is 8.09. The number of ether oxygens (including phenoxy) is 1. The maximum atomic E-state index is 12.9. The fourth-order valence-electron chi connectivity index (χ4n) is 1.19. The fourth-order valence-corrected chi connectivity index (χ4v) is 1.19. The van der Waals surface area contributed by atoms with Gasteiger partial charge < -0.3 is 15.2 Å². The van der Waals surface area contributed by atoms with Crippen molar-refractivity contribution in [2.75, 3.05) is 20.3 Å². The third kappa shape index (κ3) is 2.97. The van der Waals surface area contributed by atoms with E-state index >= 15 is 0 Å². The maximum Gasteiger partial charge on any atom is 0.123 e. The summed E-state index contributed by atoms with van der Waals surface area (Å²) in [6.07, 6.45) is 0. The highest BCUT2D eigenvalue weighted by atomic mass is 19.1. The molecule has 2 N–H and O–H groups in total. The summed E-state index contributed by atoms with van der Waals surface area (Å²) in [6, 6.07) is 4.36. The lowest BCUT2D eigenvalue weighted by Crippen LogP contribution is -2.18. The predicted molar refractivity (Wildman–Crippen MR) is 51.7 cm³/mol. The molecule has 0 aliphatic carbocycles. The molecule has 0 saturated carbocycles. The van der Waals surface area contributed by atoms with Crippen molar-refractivity contribution in [3.8, 4) is 5.75 Å². The number of aliphatic hydroxyl groups is 1. The first-order chi connectivity index (χ1) is 6.77. The minimum Gasteiger partial charge on any atom is -0.496 e. The van der Waals surface area contributed by atoms with E-state index in [0.29, 0.717) is 18.8 Å². The molecule has 78 valence electrons. The van der Waals surface area contributed by atoms with E-state index in [1.54, 1.807) is 13.2 Å². The molecule has 1 aromatic carbocycles. The van der Waals surface area contributed by atoms with Gasteiger partial charge in [0.25, 0.3) is 0 Å². The third-order valence-corrected chi connectivity index (χ3v) is 1.85. The van der Waals surface area contributed by atoms with Crippen LogP contribution in [0.4, 0.5) is 4.39 Å². The van der Waals surface area contributed by atoms with Gasteiger partial charge >= 0.3 is 0 Å². The van der Waals surface area contributed by atoms with Crippen molar-refractivity contribution in [1.82, 2.24) is 5.32 Å². The molecule has 0 amide bonds. The molecule has 0 radical (unpaired) electrons. The van der Waals surface area contributed by atoms with E-state index < -0.39 is 0 Å². The van der Waals surface area contributed by atoms with Crippen LogP contribution >= 0.6 is 0 Å². The summed E-state index contributed by atoms with van der Waals surface area (Å²) in [7, 11) is 1.54. The Morgan fingerprint density at radius 3 is 2.93 bits per heavy atom. The number of nitrogens with one attached hydrogen (secondary N) is 1. The van der Waals surface area contributed by atoms with Gasteiger partial charge in [0, 0.05) is 18.7 Å². The molecule has 0 saturated heterocycles. The van der Waals surface area contributed by atoms with Gasteiger partial charge in [-0.1, -0.05) is 0 Å². The normalized spacial score (nSPS) is 10.2. The number of benzene rings is 1. The van der Waals surface area contributed by atoms with Crippen LogP contribution in [0.5, 0.6) is 5.75 Å². The molecular weight excluding hydrogens is 185 g/mol. The number of aliphatic hydroxyl groups excluding tert-OH is 1. The van der Waals surface area contributed by atoms with Gasteiger partial charge in [0.05, 0.1) is 13.7 Å². The highest BCUT2D eigenvalue weighted by Crippen LogP contribution is 2.18. The third-order valence-electron chi connectivity index (χ3n) is 1.85. The van der Waals surface area contributed by atoms with Gasteiger partial charge in [-0.15, -0.1) is 0 Å². The molecule has 0 atom stereocenters. The molecule has 0 unspecified atom stereocenters. The molecule has 1 aromatic rings. The van der Waals surface area contributed by atoms with Crippen molar-refractivity contribution in [3.63, 3.8) is 0 Å². The second-order valence-corrected chi connectivity index (χ2v) is 2.86. The smallest absolute Gasteiger partial charge is 0.123 e. The molecule has 14 heavy (non-hydrogen) atoms. The number of hydrogen-bond acceptors (Lipinski definition) is 3. The summed E-state index contributed by atoms with van der Waals surface area (Å²) >= 11 is 0. The molecule has 0 aliphatic rings. The van der Waals surface area contributed by atoms with E-state index in [4.69, 9.17) is 9.84 Å². The number of methoxy groups -OCH3 is 1. The molecule has 0 fully saturated rings. The Kier molecular flexibility index (Phi) is 4.35. The van der Waals surface area contributed by atoms with Crippen LogP contribution in [-0.2, 0) is 6.54 Å². The van der Waals surface area contributed by atoms with Crippen molar-refractivity contribution in [1.29, 1.82) is 0 Å². The van der Waals surface area contributed by atoms with Crippen LogP contribution < -0.4 is 10.1 Å². The Bertz CT molecular complexity index is 291. The fraction of sp³-hybridized carbons (Fsp3) is 0.400. The summed E-state index contributed by atoms with van der Waals surface area (Å²) in [5, 5.41) is 11.5. The molecule has 0 bridgehead atoms. The maximum absolute atomic E-state index is 12.9. The lowest BCUT2D eigenvalue weighted by atomic mass is 10.2. The van der Waals surface area contributed by atoms with Crippen molar-refractivity contribution in [2.24, 2.45) is 0 Å². The molecule has 3 nitrogen and oxygen atoms in total. The first-order valence-electron chi connectivity index (χ1n) is 4.42. The standard InChI is InChI=1S/C10H14FNO2/c1-14-10-3-2-9(11)6-8(10)7-12-4-5-13/h2-3,6,12-13H,4-5,7H2,1H3. The Morgan fingerprint density at radius 2 is 2.29 bits per heavy atom. The lowest BCUT2D eigenvalue weighted by Gasteiger charge is -2.08. The molecule has 0 aromatic heterocycles. The number of hydrogen-bond donors (Lipinski definition) is 2. The van der Waals surface area contributed by atoms with E-state index in [9.17, 15) is 4.39 Å². The average Bonchev–Trinajstić information content (AvgIpc) is 2.19. The van der Waals surface area contributed by atoms with Crippen molar-refractivity contribution < 1.29 is 14.2 Å². The summed E-state index contributed by atoms with van der Waals surface area (Å²) in [5.41, 5.74) is 0.751. The van der Waals surface area contributed by atoms with Crippen molar-refractivity contribution >= 4 is 0 Å². The largest absolute Gasteiger partial charge is 0.496 e. The van der Waals surface area contributed by atoms with Gasteiger partial charge in [-0.3, -0.25) is 0 Å². The molecule has 1 rings (SSSR count). The van der Waals surface area contributed by atoms with Crippen LogP contribution in [0, 0.1) is 5.82 Å². The number of rotatable bonds is 5. The summed E-state index contributed by atoms with van der Waals surface area (Å²) in [5.74, 6) is 0.364. The Morgan fingerprint density at radius 1 is 1.50 bits per heavy atom. The minimum absolute atomic E-state index is 0.0671. The highest BCUT2D eigenvalue weighted by molar-refractivity contribution is 5.33. The molecule has 0 aliphatic heterocycles. The van der Waals surface area contributed by atoms with E-state index in [1.165, 1.54) is 12.1 Å². The monoisotopic (exact) mass is 199 g/mol. The first-order valence-corrected chi connectivity index (χ1v) is 4.42. The van der Waals surface area contributed by atoms with Crippen LogP contribution in [0.1, 0.15) is 5.56 Å². The van der Waals surface area contributed by atoms with Crippen LogP contribution in [0.25, 0.3) is 0 Å². The Hall–Kier alpha value is -1.13. The lowest BCUT2D eigenvalue weighted by molar-refractivity contribution is 0.291. The molecule has 4 heteroatoms. The quantitative estimate of drug-likeness (QED) is 0.693. The Balaban J connectivity index is 2.67. The van der Waals surface area contributed by atoms with Gasteiger partial charge in [-0.2, -0.15) is 0 Å². The van der Waals surface area contributed by atoms with E-state index in [0.717, 1.165) is 5.56 Å². The van der Waals surface area contributed by atoms with Gasteiger partial charge in [-0.25, -0.2) is 4.39 Å². The van der Waals surface area contributed by atoms with Gasteiger partial charge in [-0.05, 0) is 18.2 Å². The second kappa shape index (κ2) is 5.57. The predicted octanol–water partition coefficient (Wildman–Crippen LogP) is 0.916. The zero-order valence-electron chi connectivity index (χ0n) is 8.09. The van der Waals surface area contributed by atoms with E-state index in [2.05, 4.69) is 5.32 Å². The Labute approximate surface area is 82.5 Å². The van der Waals surface area contributed by atoms with E-state index in [-0.39, 0.29) is 12.4 Å². The van der Waals surface area contributed by atoms with Crippen LogP contribution in [0.2, 0.25) is 0 Å². The molecular formula is C10H14FNO2. The SMILES string of the molecule is COc1ccc(F)cc1CNCCO. The van der Waals surface area contributed by atoms with Gasteiger partial charge in [0.2, 0.25) is 0 Å². The topological polar surface area (TPSA) is 41.5 Å². The average molecular weight is 199 g/mol. The second-order valence-electron chi connectivity index (χ2n) is 2.86. The summed E-state index contributed by atoms with van der Waals surface area (Å²) in [4.78, 5) is 0.